The maximum atomic E-state index is 14.3. The smallest absolute Gasteiger partial charge is 0.224 e. The molecule has 0 bridgehead atoms. The molecule has 2 aromatic carbocycles. The van der Waals surface area contributed by atoms with E-state index in [9.17, 15) is 13.9 Å². The number of aromatic nitrogens is 1. The van der Waals surface area contributed by atoms with E-state index in [-0.39, 0.29) is 11.1 Å². The highest BCUT2D eigenvalue weighted by Gasteiger charge is 2.14. The number of nitrogens with zero attached hydrogens (tertiary/aromatic N) is 1. The van der Waals surface area contributed by atoms with Gasteiger partial charge in [-0.05, 0) is 47.7 Å². The summed E-state index contributed by atoms with van der Waals surface area (Å²) >= 11 is 0. The Balaban J connectivity index is 2.19. The molecule has 1 N–H and O–H groups in total. The molecule has 0 amide bonds. The Morgan fingerprint density at radius 3 is 2.50 bits per heavy atom. The Labute approximate surface area is 126 Å². The molecule has 3 aromatic rings. The lowest BCUT2D eigenvalue weighted by molar-refractivity contribution is 0.475. The molecule has 4 heteroatoms. The van der Waals surface area contributed by atoms with Crippen LogP contribution in [0, 0.1) is 11.8 Å². The molecule has 0 unspecified atom stereocenters. The fraction of sp³-hybridized carbons (Fsp3) is 0.0556. The van der Waals surface area contributed by atoms with Crippen molar-refractivity contribution < 1.29 is 13.9 Å². The minimum atomic E-state index is -0.844. The van der Waals surface area contributed by atoms with E-state index in [1.54, 1.807) is 36.4 Å². The second-order valence-electron chi connectivity index (χ2n) is 4.97. The first-order chi connectivity index (χ1) is 10.6. The normalized spacial score (nSPS) is 10.8. The number of fused-ring (bicyclic) bond motifs is 1. The van der Waals surface area contributed by atoms with E-state index in [4.69, 9.17) is 0 Å². The third kappa shape index (κ3) is 2.44. The molecule has 3 rings (SSSR count). The van der Waals surface area contributed by atoms with Gasteiger partial charge in [-0.2, -0.15) is 4.39 Å². The van der Waals surface area contributed by atoms with E-state index in [2.05, 4.69) is 11.6 Å². The molecular weight excluding hydrogens is 284 g/mol. The van der Waals surface area contributed by atoms with Crippen LogP contribution >= 0.6 is 0 Å². The fourth-order valence-corrected chi connectivity index (χ4v) is 2.40. The molecule has 1 aromatic heterocycles. The van der Waals surface area contributed by atoms with Crippen LogP contribution < -0.4 is 0 Å². The third-order valence-electron chi connectivity index (χ3n) is 3.50. The Hall–Kier alpha value is -2.75. The van der Waals surface area contributed by atoms with Crippen molar-refractivity contribution in [1.29, 1.82) is 0 Å². The van der Waals surface area contributed by atoms with Crippen LogP contribution in [0.25, 0.3) is 22.0 Å². The number of hydrogen-bond donors (Lipinski definition) is 1. The van der Waals surface area contributed by atoms with Crippen LogP contribution in [-0.2, 0) is 6.42 Å². The number of benzene rings is 2. The zero-order valence-corrected chi connectivity index (χ0v) is 11.7. The highest BCUT2D eigenvalue weighted by Crippen LogP contribution is 2.28. The average molecular weight is 297 g/mol. The fourth-order valence-electron chi connectivity index (χ4n) is 2.40. The molecule has 0 radical (unpaired) electrons. The van der Waals surface area contributed by atoms with Crippen LogP contribution in [-0.4, -0.2) is 10.1 Å². The van der Waals surface area contributed by atoms with Crippen molar-refractivity contribution in [3.8, 4) is 17.0 Å². The van der Waals surface area contributed by atoms with Crippen LogP contribution in [0.4, 0.5) is 8.78 Å². The van der Waals surface area contributed by atoms with Crippen LogP contribution in [0.15, 0.2) is 55.1 Å². The van der Waals surface area contributed by atoms with Crippen molar-refractivity contribution in [2.24, 2.45) is 0 Å². The van der Waals surface area contributed by atoms with E-state index >= 15 is 0 Å². The Kier molecular flexibility index (Phi) is 3.59. The monoisotopic (exact) mass is 297 g/mol. The molecule has 22 heavy (non-hydrogen) atoms. The molecule has 0 saturated heterocycles. The minimum absolute atomic E-state index is 0.109. The summed E-state index contributed by atoms with van der Waals surface area (Å²) < 4.78 is 28.6. The van der Waals surface area contributed by atoms with Crippen LogP contribution in [0.1, 0.15) is 5.56 Å². The van der Waals surface area contributed by atoms with Crippen molar-refractivity contribution in [2.45, 2.75) is 6.42 Å². The van der Waals surface area contributed by atoms with Gasteiger partial charge in [0, 0.05) is 5.56 Å². The van der Waals surface area contributed by atoms with Crippen molar-refractivity contribution in [3.05, 3.63) is 72.4 Å². The summed E-state index contributed by atoms with van der Waals surface area (Å²) in [5.41, 5.74) is 1.43. The topological polar surface area (TPSA) is 33.1 Å². The highest BCUT2D eigenvalue weighted by atomic mass is 19.1. The first-order valence-corrected chi connectivity index (χ1v) is 6.78. The number of phenolic OH excluding ortho intramolecular Hbond substituents is 1. The van der Waals surface area contributed by atoms with Gasteiger partial charge in [0.15, 0.2) is 0 Å². The molecular formula is C18H13F2NO. The predicted molar refractivity (Wildman–Crippen MR) is 82.7 cm³/mol. The van der Waals surface area contributed by atoms with Gasteiger partial charge in [0.1, 0.15) is 11.6 Å². The maximum absolute atomic E-state index is 14.3. The van der Waals surface area contributed by atoms with Gasteiger partial charge in [0.2, 0.25) is 5.95 Å². The van der Waals surface area contributed by atoms with Crippen molar-refractivity contribution in [3.63, 3.8) is 0 Å². The molecule has 0 saturated carbocycles. The Morgan fingerprint density at radius 1 is 1.09 bits per heavy atom. The molecule has 0 aliphatic heterocycles. The van der Waals surface area contributed by atoms with E-state index in [1.807, 2.05) is 0 Å². The van der Waals surface area contributed by atoms with Gasteiger partial charge in [-0.3, -0.25) is 0 Å². The summed E-state index contributed by atoms with van der Waals surface area (Å²) in [5.74, 6) is -1.33. The number of hydrogen-bond acceptors (Lipinski definition) is 2. The molecule has 0 aliphatic rings. The predicted octanol–water partition coefficient (Wildman–Crippen LogP) is 4.61. The highest BCUT2D eigenvalue weighted by molar-refractivity contribution is 5.87. The van der Waals surface area contributed by atoms with Crippen LogP contribution in [0.5, 0.6) is 5.75 Å². The molecule has 110 valence electrons. The molecule has 0 fully saturated rings. The second kappa shape index (κ2) is 5.56. The Morgan fingerprint density at radius 2 is 1.82 bits per heavy atom. The standard InChI is InChI=1S/C18H13F2NO/c1-2-3-12-4-5-13-10-15(11-6-8-14(22)9-7-11)21-18(20)16(13)17(12)19/h2,4-10,22H,1,3H2. The molecule has 0 atom stereocenters. The molecule has 0 spiro atoms. The van der Waals surface area contributed by atoms with Gasteiger partial charge in [-0.25, -0.2) is 9.37 Å². The quantitative estimate of drug-likeness (QED) is 0.565. The third-order valence-corrected chi connectivity index (χ3v) is 3.50. The minimum Gasteiger partial charge on any atom is -0.508 e. The van der Waals surface area contributed by atoms with Crippen LogP contribution in [0.3, 0.4) is 0 Å². The first kappa shape index (κ1) is 14.2. The number of phenols is 1. The van der Waals surface area contributed by atoms with E-state index in [1.165, 1.54) is 12.1 Å². The summed E-state index contributed by atoms with van der Waals surface area (Å²) in [6.07, 6.45) is 1.90. The average Bonchev–Trinajstić information content (AvgIpc) is 2.50. The first-order valence-electron chi connectivity index (χ1n) is 6.78. The van der Waals surface area contributed by atoms with Crippen molar-refractivity contribution in [2.75, 3.05) is 0 Å². The van der Waals surface area contributed by atoms with Gasteiger partial charge in [0.25, 0.3) is 0 Å². The van der Waals surface area contributed by atoms with Crippen molar-refractivity contribution in [1.82, 2.24) is 4.98 Å². The second-order valence-corrected chi connectivity index (χ2v) is 4.97. The molecule has 2 nitrogen and oxygen atoms in total. The lowest BCUT2D eigenvalue weighted by atomic mass is 10.0. The van der Waals surface area contributed by atoms with Gasteiger partial charge in [0.05, 0.1) is 11.1 Å². The van der Waals surface area contributed by atoms with Crippen molar-refractivity contribution >= 4 is 10.8 Å². The zero-order chi connectivity index (χ0) is 15.7. The molecule has 1 heterocycles. The number of halogens is 2. The maximum Gasteiger partial charge on any atom is 0.224 e. The lowest BCUT2D eigenvalue weighted by Crippen LogP contribution is -1.96. The Bertz CT molecular complexity index is 857. The number of pyridine rings is 1. The lowest BCUT2D eigenvalue weighted by Gasteiger charge is -2.08. The van der Waals surface area contributed by atoms with Crippen LogP contribution in [0.2, 0.25) is 0 Å². The van der Waals surface area contributed by atoms with Gasteiger partial charge >= 0.3 is 0 Å². The SMILES string of the molecule is C=CCc1ccc2cc(-c3ccc(O)cc3)nc(F)c2c1F. The molecule has 0 aliphatic carbocycles. The zero-order valence-electron chi connectivity index (χ0n) is 11.7. The summed E-state index contributed by atoms with van der Waals surface area (Å²) in [6.45, 7) is 3.56. The van der Waals surface area contributed by atoms with Gasteiger partial charge < -0.3 is 5.11 Å². The van der Waals surface area contributed by atoms with E-state index in [0.717, 1.165) is 0 Å². The largest absolute Gasteiger partial charge is 0.508 e. The van der Waals surface area contributed by atoms with E-state index < -0.39 is 11.8 Å². The van der Waals surface area contributed by atoms with Gasteiger partial charge in [-0.1, -0.05) is 18.2 Å². The summed E-state index contributed by atoms with van der Waals surface area (Å²) in [4.78, 5) is 3.85. The number of aromatic hydroxyl groups is 1. The number of allylic oxidation sites excluding steroid dienone is 1. The summed E-state index contributed by atoms with van der Waals surface area (Å²) in [5, 5.41) is 9.63. The summed E-state index contributed by atoms with van der Waals surface area (Å²) in [7, 11) is 0. The van der Waals surface area contributed by atoms with E-state index in [0.29, 0.717) is 28.6 Å². The summed E-state index contributed by atoms with van der Waals surface area (Å²) in [6, 6.07) is 11.2. The number of rotatable bonds is 3. The van der Waals surface area contributed by atoms with Gasteiger partial charge in [-0.15, -0.1) is 6.58 Å².